The van der Waals surface area contributed by atoms with Gasteiger partial charge >= 0.3 is 0 Å². The molecule has 0 radical (unpaired) electrons. The number of nitrogens with one attached hydrogen (secondary N) is 1. The number of hydrogen-bond acceptors (Lipinski definition) is 2. The van der Waals surface area contributed by atoms with E-state index in [1.165, 1.54) is 31.0 Å². The van der Waals surface area contributed by atoms with E-state index in [1.54, 1.807) is 0 Å². The van der Waals surface area contributed by atoms with Crippen LogP contribution in [0.15, 0.2) is 27.1 Å². The van der Waals surface area contributed by atoms with Gasteiger partial charge in [0.15, 0.2) is 0 Å². The highest BCUT2D eigenvalue weighted by Gasteiger charge is 2.06. The van der Waals surface area contributed by atoms with E-state index in [-0.39, 0.29) is 0 Å². The molecule has 0 bridgehead atoms. The predicted molar refractivity (Wildman–Crippen MR) is 87.7 cm³/mol. The standard InChI is InChI=1S/C14H15Br2NS/c1-8-4-11(15)5-9(2)14(8)17-7-12-6-13(16)10(3)18-12/h4-6,17H,7H2,1-3H3. The second-order valence-corrected chi connectivity index (χ2v) is 7.50. The molecule has 0 atom stereocenters. The molecule has 0 spiro atoms. The Hall–Kier alpha value is -0.320. The molecule has 0 fully saturated rings. The molecule has 1 N–H and O–H groups in total. The van der Waals surface area contributed by atoms with Crippen LogP contribution in [-0.4, -0.2) is 0 Å². The number of aryl methyl sites for hydroxylation is 3. The zero-order valence-electron chi connectivity index (χ0n) is 10.6. The van der Waals surface area contributed by atoms with Gasteiger partial charge in [-0.15, -0.1) is 11.3 Å². The first kappa shape index (κ1) is 14.1. The van der Waals surface area contributed by atoms with Crippen molar-refractivity contribution < 1.29 is 0 Å². The molecule has 18 heavy (non-hydrogen) atoms. The van der Waals surface area contributed by atoms with Crippen LogP contribution in [-0.2, 0) is 6.54 Å². The van der Waals surface area contributed by atoms with Crippen molar-refractivity contribution in [3.8, 4) is 0 Å². The molecule has 0 aliphatic carbocycles. The lowest BCUT2D eigenvalue weighted by Crippen LogP contribution is -2.01. The van der Waals surface area contributed by atoms with Gasteiger partial charge in [0.2, 0.25) is 0 Å². The fourth-order valence-corrected chi connectivity index (χ4v) is 4.20. The summed E-state index contributed by atoms with van der Waals surface area (Å²) in [5, 5.41) is 3.53. The minimum atomic E-state index is 0.875. The summed E-state index contributed by atoms with van der Waals surface area (Å²) < 4.78 is 2.34. The average molecular weight is 389 g/mol. The Morgan fingerprint density at radius 3 is 2.17 bits per heavy atom. The third-order valence-electron chi connectivity index (χ3n) is 2.85. The van der Waals surface area contributed by atoms with Crippen molar-refractivity contribution in [3.05, 3.63) is 48.0 Å². The second kappa shape index (κ2) is 5.76. The zero-order valence-corrected chi connectivity index (χ0v) is 14.6. The van der Waals surface area contributed by atoms with E-state index in [0.29, 0.717) is 0 Å². The van der Waals surface area contributed by atoms with Crippen LogP contribution in [0.4, 0.5) is 5.69 Å². The van der Waals surface area contributed by atoms with E-state index < -0.39 is 0 Å². The largest absolute Gasteiger partial charge is 0.380 e. The molecule has 0 saturated carbocycles. The van der Waals surface area contributed by atoms with Gasteiger partial charge in [-0.2, -0.15) is 0 Å². The van der Waals surface area contributed by atoms with Gasteiger partial charge in [0.25, 0.3) is 0 Å². The molecule has 1 aromatic carbocycles. The summed E-state index contributed by atoms with van der Waals surface area (Å²) >= 11 is 8.91. The fourth-order valence-electron chi connectivity index (χ4n) is 1.97. The first-order valence-electron chi connectivity index (χ1n) is 5.73. The summed E-state index contributed by atoms with van der Waals surface area (Å²) in [5.41, 5.74) is 3.78. The highest BCUT2D eigenvalue weighted by Crippen LogP contribution is 2.29. The van der Waals surface area contributed by atoms with Gasteiger partial charge in [0.05, 0.1) is 0 Å². The Labute approximate surface area is 129 Å². The second-order valence-electron chi connectivity index (χ2n) is 4.38. The van der Waals surface area contributed by atoms with Crippen molar-refractivity contribution in [3.63, 3.8) is 0 Å². The van der Waals surface area contributed by atoms with E-state index in [2.05, 4.69) is 76.1 Å². The highest BCUT2D eigenvalue weighted by atomic mass is 79.9. The smallest absolute Gasteiger partial charge is 0.0494 e. The molecule has 0 saturated heterocycles. The Bertz CT molecular complexity index is 533. The van der Waals surface area contributed by atoms with Gasteiger partial charge in [0.1, 0.15) is 0 Å². The highest BCUT2D eigenvalue weighted by molar-refractivity contribution is 9.10. The van der Waals surface area contributed by atoms with Gasteiger partial charge in [0, 0.05) is 30.9 Å². The Kier molecular flexibility index (Phi) is 4.51. The number of halogens is 2. The predicted octanol–water partition coefficient (Wildman–Crippen LogP) is 5.81. The molecule has 1 nitrogen and oxygen atoms in total. The summed E-state index contributed by atoms with van der Waals surface area (Å²) in [6, 6.07) is 6.48. The van der Waals surface area contributed by atoms with Crippen molar-refractivity contribution >= 4 is 48.9 Å². The maximum Gasteiger partial charge on any atom is 0.0494 e. The minimum Gasteiger partial charge on any atom is -0.380 e. The van der Waals surface area contributed by atoms with E-state index >= 15 is 0 Å². The molecule has 0 amide bonds. The summed E-state index contributed by atoms with van der Waals surface area (Å²) in [6.45, 7) is 7.28. The molecule has 0 aliphatic rings. The third-order valence-corrected chi connectivity index (χ3v) is 5.44. The van der Waals surface area contributed by atoms with Crippen molar-refractivity contribution in [1.82, 2.24) is 0 Å². The Morgan fingerprint density at radius 1 is 1.06 bits per heavy atom. The average Bonchev–Trinajstić information content (AvgIpc) is 2.56. The number of hydrogen-bond donors (Lipinski definition) is 1. The lowest BCUT2D eigenvalue weighted by Gasteiger charge is -2.12. The summed E-state index contributed by atoms with van der Waals surface area (Å²) in [4.78, 5) is 2.68. The van der Waals surface area contributed by atoms with Crippen LogP contribution in [0.2, 0.25) is 0 Å². The molecule has 2 aromatic rings. The third kappa shape index (κ3) is 3.16. The topological polar surface area (TPSA) is 12.0 Å². The number of anilines is 1. The van der Waals surface area contributed by atoms with Crippen molar-refractivity contribution in [2.24, 2.45) is 0 Å². The van der Waals surface area contributed by atoms with Crippen molar-refractivity contribution in [2.45, 2.75) is 27.3 Å². The quantitative estimate of drug-likeness (QED) is 0.699. The number of thiophene rings is 1. The first-order valence-corrected chi connectivity index (χ1v) is 8.13. The summed E-state index contributed by atoms with van der Waals surface area (Å²) in [6.07, 6.45) is 0. The van der Waals surface area contributed by atoms with Crippen molar-refractivity contribution in [2.75, 3.05) is 5.32 Å². The van der Waals surface area contributed by atoms with Crippen LogP contribution >= 0.6 is 43.2 Å². The van der Waals surface area contributed by atoms with Gasteiger partial charge < -0.3 is 5.32 Å². The summed E-state index contributed by atoms with van der Waals surface area (Å²) in [7, 11) is 0. The van der Waals surface area contributed by atoms with Crippen LogP contribution in [0.5, 0.6) is 0 Å². The van der Waals surface area contributed by atoms with Crippen LogP contribution in [0, 0.1) is 20.8 Å². The SMILES string of the molecule is Cc1cc(Br)cc(C)c1NCc1cc(Br)c(C)s1. The van der Waals surface area contributed by atoms with E-state index in [0.717, 1.165) is 11.0 Å². The molecule has 1 heterocycles. The lowest BCUT2D eigenvalue weighted by molar-refractivity contribution is 1.16. The van der Waals surface area contributed by atoms with Crippen LogP contribution < -0.4 is 5.32 Å². The molecule has 2 rings (SSSR count). The molecular formula is C14H15Br2NS. The van der Waals surface area contributed by atoms with Crippen LogP contribution in [0.25, 0.3) is 0 Å². The lowest BCUT2D eigenvalue weighted by atomic mass is 10.1. The summed E-state index contributed by atoms with van der Waals surface area (Å²) in [5.74, 6) is 0. The number of benzene rings is 1. The van der Waals surface area contributed by atoms with E-state index in [4.69, 9.17) is 0 Å². The van der Waals surface area contributed by atoms with Gasteiger partial charge in [-0.25, -0.2) is 0 Å². The Balaban J connectivity index is 2.15. The van der Waals surface area contributed by atoms with Crippen molar-refractivity contribution in [1.29, 1.82) is 0 Å². The molecular weight excluding hydrogens is 374 g/mol. The first-order chi connectivity index (χ1) is 8.47. The molecule has 0 aliphatic heterocycles. The fraction of sp³-hybridized carbons (Fsp3) is 0.286. The molecule has 0 unspecified atom stereocenters. The maximum atomic E-state index is 3.56. The van der Waals surface area contributed by atoms with E-state index in [9.17, 15) is 0 Å². The molecule has 96 valence electrons. The Morgan fingerprint density at radius 2 is 1.67 bits per heavy atom. The number of rotatable bonds is 3. The zero-order chi connectivity index (χ0) is 13.3. The monoisotopic (exact) mass is 387 g/mol. The van der Waals surface area contributed by atoms with Crippen LogP contribution in [0.1, 0.15) is 20.9 Å². The maximum absolute atomic E-state index is 3.56. The molecule has 4 heteroatoms. The normalized spacial score (nSPS) is 10.7. The molecule has 1 aromatic heterocycles. The van der Waals surface area contributed by atoms with Gasteiger partial charge in [-0.05, 0) is 66.0 Å². The van der Waals surface area contributed by atoms with Gasteiger partial charge in [-0.1, -0.05) is 15.9 Å². The van der Waals surface area contributed by atoms with Gasteiger partial charge in [-0.3, -0.25) is 0 Å². The van der Waals surface area contributed by atoms with E-state index in [1.807, 2.05) is 11.3 Å². The minimum absolute atomic E-state index is 0.875. The van der Waals surface area contributed by atoms with Crippen LogP contribution in [0.3, 0.4) is 0 Å².